The molecule has 0 radical (unpaired) electrons. The first kappa shape index (κ1) is 10.0. The van der Waals surface area contributed by atoms with Crippen molar-refractivity contribution in [3.8, 4) is 0 Å². The van der Waals surface area contributed by atoms with Crippen molar-refractivity contribution in [1.82, 2.24) is 0 Å². The summed E-state index contributed by atoms with van der Waals surface area (Å²) >= 11 is 0. The van der Waals surface area contributed by atoms with E-state index >= 15 is 0 Å². The molecule has 5 heteroatoms. The Morgan fingerprint density at radius 2 is 2.07 bits per heavy atom. The molecular formula is C10H9F3N2. The van der Waals surface area contributed by atoms with Crippen molar-refractivity contribution in [3.63, 3.8) is 0 Å². The Morgan fingerprint density at radius 1 is 1.33 bits per heavy atom. The standard InChI is InChI=1S/C10H9F3N2/c1-15-5-4-14-8-6-7(10(11,12)13)2-3-9(8)15/h2-4,6H,5H2,1H3. The lowest BCUT2D eigenvalue weighted by molar-refractivity contribution is -0.137. The minimum Gasteiger partial charge on any atom is -0.368 e. The number of hydrogen-bond donors (Lipinski definition) is 0. The van der Waals surface area contributed by atoms with E-state index in [0.717, 1.165) is 17.8 Å². The maximum absolute atomic E-state index is 12.4. The van der Waals surface area contributed by atoms with Gasteiger partial charge in [-0.1, -0.05) is 0 Å². The Balaban J connectivity index is 2.48. The number of fused-ring (bicyclic) bond motifs is 1. The van der Waals surface area contributed by atoms with E-state index in [9.17, 15) is 13.2 Å². The largest absolute Gasteiger partial charge is 0.416 e. The van der Waals surface area contributed by atoms with Gasteiger partial charge in [0, 0.05) is 13.3 Å². The van der Waals surface area contributed by atoms with Crippen LogP contribution in [0.15, 0.2) is 23.2 Å². The fourth-order valence-corrected chi connectivity index (χ4v) is 1.49. The predicted molar refractivity (Wildman–Crippen MR) is 52.9 cm³/mol. The Hall–Kier alpha value is -1.52. The van der Waals surface area contributed by atoms with Crippen LogP contribution >= 0.6 is 0 Å². The normalized spacial score (nSPS) is 15.3. The van der Waals surface area contributed by atoms with Crippen LogP contribution in [0.2, 0.25) is 0 Å². The molecule has 0 unspecified atom stereocenters. The summed E-state index contributed by atoms with van der Waals surface area (Å²) in [5.41, 5.74) is 0.442. The molecule has 1 aliphatic heterocycles. The molecule has 0 aliphatic carbocycles. The van der Waals surface area contributed by atoms with Gasteiger partial charge in [-0.05, 0) is 18.2 Å². The molecule has 0 bridgehead atoms. The second-order valence-electron chi connectivity index (χ2n) is 3.39. The van der Waals surface area contributed by atoms with E-state index < -0.39 is 11.7 Å². The van der Waals surface area contributed by atoms with Gasteiger partial charge in [-0.3, -0.25) is 4.99 Å². The number of benzene rings is 1. The molecule has 0 fully saturated rings. The lowest BCUT2D eigenvalue weighted by Gasteiger charge is -2.23. The average Bonchev–Trinajstić information content (AvgIpc) is 2.16. The molecule has 0 atom stereocenters. The van der Waals surface area contributed by atoms with Crippen molar-refractivity contribution >= 4 is 17.6 Å². The third kappa shape index (κ3) is 1.82. The highest BCUT2D eigenvalue weighted by Gasteiger charge is 2.31. The number of alkyl halides is 3. The van der Waals surface area contributed by atoms with Crippen LogP contribution < -0.4 is 4.90 Å². The van der Waals surface area contributed by atoms with Gasteiger partial charge in [0.25, 0.3) is 0 Å². The maximum atomic E-state index is 12.4. The van der Waals surface area contributed by atoms with Crippen molar-refractivity contribution in [1.29, 1.82) is 0 Å². The number of hydrogen-bond acceptors (Lipinski definition) is 2. The molecule has 1 heterocycles. The van der Waals surface area contributed by atoms with E-state index in [1.807, 2.05) is 11.9 Å². The SMILES string of the molecule is CN1CC=Nc2cc(C(F)(F)F)ccc21. The molecule has 1 aliphatic rings. The zero-order valence-corrected chi connectivity index (χ0v) is 8.04. The third-order valence-corrected chi connectivity index (χ3v) is 2.30. The number of rotatable bonds is 0. The third-order valence-electron chi connectivity index (χ3n) is 2.30. The van der Waals surface area contributed by atoms with Crippen LogP contribution in [0, 0.1) is 0 Å². The molecule has 15 heavy (non-hydrogen) atoms. The molecule has 0 saturated heterocycles. The summed E-state index contributed by atoms with van der Waals surface area (Å²) in [6.45, 7) is 0.623. The van der Waals surface area contributed by atoms with Crippen LogP contribution in [0.5, 0.6) is 0 Å². The van der Waals surface area contributed by atoms with Crippen molar-refractivity contribution in [3.05, 3.63) is 23.8 Å². The van der Waals surface area contributed by atoms with E-state index in [1.165, 1.54) is 6.07 Å². The molecule has 0 spiro atoms. The molecular weight excluding hydrogens is 205 g/mol. The van der Waals surface area contributed by atoms with Crippen LogP contribution in [0.4, 0.5) is 24.5 Å². The second kappa shape index (κ2) is 3.25. The fourth-order valence-electron chi connectivity index (χ4n) is 1.49. The first-order valence-electron chi connectivity index (χ1n) is 4.43. The Labute approximate surface area is 85.0 Å². The topological polar surface area (TPSA) is 15.6 Å². The summed E-state index contributed by atoms with van der Waals surface area (Å²) in [5.74, 6) is 0. The predicted octanol–water partition coefficient (Wildman–Crippen LogP) is 2.86. The molecule has 0 amide bonds. The molecule has 0 N–H and O–H groups in total. The molecule has 0 saturated carbocycles. The molecule has 2 nitrogen and oxygen atoms in total. The zero-order chi connectivity index (χ0) is 11.1. The average molecular weight is 214 g/mol. The number of nitrogens with zero attached hydrogens (tertiary/aromatic N) is 2. The van der Waals surface area contributed by atoms with Gasteiger partial charge in [-0.15, -0.1) is 0 Å². The molecule has 1 aromatic rings. The lowest BCUT2D eigenvalue weighted by atomic mass is 10.1. The van der Waals surface area contributed by atoms with Gasteiger partial charge in [-0.25, -0.2) is 0 Å². The number of aliphatic imine (C=N–C) groups is 1. The first-order valence-corrected chi connectivity index (χ1v) is 4.43. The summed E-state index contributed by atoms with van der Waals surface area (Å²) < 4.78 is 37.2. The quantitative estimate of drug-likeness (QED) is 0.648. The van der Waals surface area contributed by atoms with E-state index in [4.69, 9.17) is 0 Å². The lowest BCUT2D eigenvalue weighted by Crippen LogP contribution is -2.22. The Morgan fingerprint density at radius 3 is 2.73 bits per heavy atom. The highest BCUT2D eigenvalue weighted by Crippen LogP contribution is 2.37. The van der Waals surface area contributed by atoms with Gasteiger partial charge >= 0.3 is 6.18 Å². The number of halogens is 3. The van der Waals surface area contributed by atoms with Crippen molar-refractivity contribution in [2.45, 2.75) is 6.18 Å². The van der Waals surface area contributed by atoms with Crippen LogP contribution in [0.1, 0.15) is 5.56 Å². The highest BCUT2D eigenvalue weighted by molar-refractivity contribution is 5.81. The molecule has 1 aromatic carbocycles. The zero-order valence-electron chi connectivity index (χ0n) is 8.04. The van der Waals surface area contributed by atoms with Crippen molar-refractivity contribution in [2.75, 3.05) is 18.5 Å². The van der Waals surface area contributed by atoms with E-state index in [2.05, 4.69) is 4.99 Å². The van der Waals surface area contributed by atoms with Crippen LogP contribution in [-0.4, -0.2) is 19.8 Å². The summed E-state index contributed by atoms with van der Waals surface area (Å²) in [6.07, 6.45) is -2.71. The van der Waals surface area contributed by atoms with Crippen LogP contribution in [0.3, 0.4) is 0 Å². The number of anilines is 1. The Kier molecular flexibility index (Phi) is 2.17. The monoisotopic (exact) mass is 214 g/mol. The van der Waals surface area contributed by atoms with Crippen molar-refractivity contribution < 1.29 is 13.2 Å². The smallest absolute Gasteiger partial charge is 0.368 e. The molecule has 80 valence electrons. The fraction of sp³-hybridized carbons (Fsp3) is 0.300. The molecule has 0 aromatic heterocycles. The van der Waals surface area contributed by atoms with Gasteiger partial charge < -0.3 is 4.90 Å². The van der Waals surface area contributed by atoms with E-state index in [1.54, 1.807) is 6.21 Å². The van der Waals surface area contributed by atoms with Crippen molar-refractivity contribution in [2.24, 2.45) is 4.99 Å². The summed E-state index contributed by atoms with van der Waals surface area (Å²) in [7, 11) is 1.82. The van der Waals surface area contributed by atoms with Gasteiger partial charge in [0.15, 0.2) is 0 Å². The van der Waals surface area contributed by atoms with Gasteiger partial charge in [0.2, 0.25) is 0 Å². The van der Waals surface area contributed by atoms with E-state index in [-0.39, 0.29) is 0 Å². The van der Waals surface area contributed by atoms with Gasteiger partial charge in [-0.2, -0.15) is 13.2 Å². The summed E-state index contributed by atoms with van der Waals surface area (Å²) in [5, 5.41) is 0. The highest BCUT2D eigenvalue weighted by atomic mass is 19.4. The van der Waals surface area contributed by atoms with Gasteiger partial charge in [0.05, 0.1) is 23.5 Å². The minimum absolute atomic E-state index is 0.374. The van der Waals surface area contributed by atoms with Gasteiger partial charge in [0.1, 0.15) is 0 Å². The minimum atomic E-state index is -4.30. The second-order valence-corrected chi connectivity index (χ2v) is 3.39. The summed E-state index contributed by atoms with van der Waals surface area (Å²) in [4.78, 5) is 5.80. The maximum Gasteiger partial charge on any atom is 0.416 e. The van der Waals surface area contributed by atoms with Crippen LogP contribution in [-0.2, 0) is 6.18 Å². The first-order chi connectivity index (χ1) is 6.98. The molecule has 2 rings (SSSR count). The van der Waals surface area contributed by atoms with Crippen LogP contribution in [0.25, 0.3) is 0 Å². The summed E-state index contributed by atoms with van der Waals surface area (Å²) in [6, 6.07) is 3.60. The Bertz CT molecular complexity index is 410. The van der Waals surface area contributed by atoms with E-state index in [0.29, 0.717) is 12.2 Å².